The summed E-state index contributed by atoms with van der Waals surface area (Å²) >= 11 is 0. The summed E-state index contributed by atoms with van der Waals surface area (Å²) in [5.74, 6) is 0. The number of fused-ring (bicyclic) bond motifs is 1. The number of urea groups is 1. The van der Waals surface area contributed by atoms with Gasteiger partial charge in [-0.25, -0.2) is 4.79 Å². The number of morpholine rings is 1. The molecule has 4 unspecified atom stereocenters. The van der Waals surface area contributed by atoms with E-state index < -0.39 is 6.10 Å². The molecule has 1 aliphatic carbocycles. The molecule has 1 aromatic rings. The van der Waals surface area contributed by atoms with Gasteiger partial charge in [0.05, 0.1) is 24.4 Å². The number of rotatable bonds is 4. The molecule has 1 heterocycles. The highest BCUT2D eigenvalue weighted by molar-refractivity contribution is 5.75. The van der Waals surface area contributed by atoms with Gasteiger partial charge in [0.25, 0.3) is 0 Å². The molecule has 4 atom stereocenters. The van der Waals surface area contributed by atoms with Gasteiger partial charge >= 0.3 is 6.03 Å². The topological polar surface area (TPSA) is 73.8 Å². The second kappa shape index (κ2) is 7.55. The van der Waals surface area contributed by atoms with Gasteiger partial charge in [-0.2, -0.15) is 0 Å². The Morgan fingerprint density at radius 2 is 1.92 bits per heavy atom. The van der Waals surface area contributed by atoms with E-state index in [0.29, 0.717) is 13.0 Å². The largest absolute Gasteiger partial charge is 0.390 e. The Labute approximate surface area is 155 Å². The van der Waals surface area contributed by atoms with Crippen LogP contribution in [0.25, 0.3) is 0 Å². The predicted molar refractivity (Wildman–Crippen MR) is 101 cm³/mol. The van der Waals surface area contributed by atoms with Crippen LogP contribution in [-0.4, -0.2) is 59.5 Å². The first-order valence-electron chi connectivity index (χ1n) is 9.47. The third kappa shape index (κ3) is 4.19. The molecule has 3 rings (SSSR count). The number of nitrogens with zero attached hydrogens (tertiary/aromatic N) is 1. The third-order valence-electron chi connectivity index (χ3n) is 5.45. The molecular formula is C20H31N3O3. The van der Waals surface area contributed by atoms with E-state index in [1.54, 1.807) is 0 Å². The number of nitrogens with one attached hydrogen (secondary N) is 2. The average Bonchev–Trinajstić information content (AvgIpc) is 2.88. The average molecular weight is 361 g/mol. The van der Waals surface area contributed by atoms with Gasteiger partial charge in [-0.1, -0.05) is 24.3 Å². The highest BCUT2D eigenvalue weighted by Crippen LogP contribution is 2.31. The number of carbonyl (C=O) groups excluding carboxylic acids is 1. The summed E-state index contributed by atoms with van der Waals surface area (Å²) in [5.41, 5.74) is 1.93. The van der Waals surface area contributed by atoms with Crippen LogP contribution in [-0.2, 0) is 11.2 Å². The van der Waals surface area contributed by atoms with Crippen molar-refractivity contribution in [3.63, 3.8) is 0 Å². The van der Waals surface area contributed by atoms with Gasteiger partial charge in [0.2, 0.25) is 0 Å². The standard InChI is InChI=1S/C20H31N3O3/c1-13-10-23(11-14(2)26-13)20(3,4)12-21-19(25)22-18-16-8-6-5-7-15(16)9-17(18)24/h5-8,13-14,17-18,24H,9-12H2,1-4H3,(H2,21,22,25). The number of hydrogen-bond acceptors (Lipinski definition) is 4. The molecule has 1 saturated heterocycles. The fraction of sp³-hybridized carbons (Fsp3) is 0.650. The minimum Gasteiger partial charge on any atom is -0.390 e. The minimum absolute atomic E-state index is 0.171. The molecule has 0 spiro atoms. The Kier molecular flexibility index (Phi) is 5.55. The zero-order chi connectivity index (χ0) is 18.9. The fourth-order valence-corrected chi connectivity index (χ4v) is 4.02. The lowest BCUT2D eigenvalue weighted by Crippen LogP contribution is -2.59. The molecule has 6 heteroatoms. The number of carbonyl (C=O) groups is 1. The lowest BCUT2D eigenvalue weighted by molar-refractivity contribution is -0.0947. The molecule has 26 heavy (non-hydrogen) atoms. The maximum Gasteiger partial charge on any atom is 0.315 e. The molecule has 3 N–H and O–H groups in total. The van der Waals surface area contributed by atoms with Crippen molar-refractivity contribution in [2.75, 3.05) is 19.6 Å². The molecule has 0 saturated carbocycles. The molecule has 6 nitrogen and oxygen atoms in total. The van der Waals surface area contributed by atoms with E-state index in [2.05, 4.69) is 43.2 Å². The monoisotopic (exact) mass is 361 g/mol. The van der Waals surface area contributed by atoms with Crippen molar-refractivity contribution in [1.82, 2.24) is 15.5 Å². The molecule has 0 aromatic heterocycles. The Bertz CT molecular complexity index is 639. The van der Waals surface area contributed by atoms with Gasteiger partial charge in [0, 0.05) is 31.6 Å². The molecule has 144 valence electrons. The number of amides is 2. The van der Waals surface area contributed by atoms with Gasteiger partial charge in [0.1, 0.15) is 0 Å². The summed E-state index contributed by atoms with van der Waals surface area (Å²) in [6.07, 6.45) is 0.386. The molecule has 1 fully saturated rings. The van der Waals surface area contributed by atoms with E-state index >= 15 is 0 Å². The highest BCUT2D eigenvalue weighted by atomic mass is 16.5. The number of hydrogen-bond donors (Lipinski definition) is 3. The smallest absolute Gasteiger partial charge is 0.315 e. The molecule has 1 aromatic carbocycles. The van der Waals surface area contributed by atoms with Gasteiger partial charge < -0.3 is 20.5 Å². The minimum atomic E-state index is -0.577. The second-order valence-electron chi connectivity index (χ2n) is 8.25. The summed E-state index contributed by atoms with van der Waals surface area (Å²) < 4.78 is 5.80. The van der Waals surface area contributed by atoms with Gasteiger partial charge in [-0.05, 0) is 38.8 Å². The van der Waals surface area contributed by atoms with Crippen LogP contribution in [0.15, 0.2) is 24.3 Å². The highest BCUT2D eigenvalue weighted by Gasteiger charge is 2.35. The summed E-state index contributed by atoms with van der Waals surface area (Å²) in [7, 11) is 0. The molecular weight excluding hydrogens is 330 g/mol. The fourth-order valence-electron chi connectivity index (χ4n) is 4.02. The SMILES string of the molecule is CC1CN(C(C)(C)CNC(=O)NC2c3ccccc3CC2O)CC(C)O1. The number of benzene rings is 1. The maximum atomic E-state index is 12.4. The first-order chi connectivity index (χ1) is 12.3. The van der Waals surface area contributed by atoms with Crippen molar-refractivity contribution in [1.29, 1.82) is 0 Å². The van der Waals surface area contributed by atoms with Gasteiger partial charge in [-0.15, -0.1) is 0 Å². The van der Waals surface area contributed by atoms with Crippen LogP contribution in [0.4, 0.5) is 4.79 Å². The summed E-state index contributed by atoms with van der Waals surface area (Å²) in [6.45, 7) is 10.7. The number of aliphatic hydroxyl groups is 1. The first-order valence-corrected chi connectivity index (χ1v) is 9.47. The molecule has 2 aliphatic rings. The van der Waals surface area contributed by atoms with Crippen LogP contribution in [0.1, 0.15) is 44.9 Å². The Morgan fingerprint density at radius 1 is 1.27 bits per heavy atom. The van der Waals surface area contributed by atoms with Crippen molar-refractivity contribution in [2.45, 2.75) is 64.0 Å². The van der Waals surface area contributed by atoms with Crippen molar-refractivity contribution in [3.8, 4) is 0 Å². The maximum absolute atomic E-state index is 12.4. The Balaban J connectivity index is 1.55. The molecule has 0 bridgehead atoms. The summed E-state index contributed by atoms with van der Waals surface area (Å²) in [5, 5.41) is 16.2. The van der Waals surface area contributed by atoms with Crippen molar-refractivity contribution in [2.24, 2.45) is 0 Å². The summed E-state index contributed by atoms with van der Waals surface area (Å²) in [4.78, 5) is 14.8. The van der Waals surface area contributed by atoms with Crippen molar-refractivity contribution < 1.29 is 14.6 Å². The summed E-state index contributed by atoms with van der Waals surface area (Å²) in [6, 6.07) is 7.28. The molecule has 1 aliphatic heterocycles. The molecule has 0 radical (unpaired) electrons. The number of ether oxygens (including phenoxy) is 1. The first kappa shape index (κ1) is 19.1. The van der Waals surface area contributed by atoms with Crippen LogP contribution in [0, 0.1) is 0 Å². The van der Waals surface area contributed by atoms with Crippen molar-refractivity contribution in [3.05, 3.63) is 35.4 Å². The lowest BCUT2D eigenvalue weighted by atomic mass is 10.00. The van der Waals surface area contributed by atoms with Crippen LogP contribution >= 0.6 is 0 Å². The van der Waals surface area contributed by atoms with Gasteiger partial charge in [0.15, 0.2) is 0 Å². The zero-order valence-electron chi connectivity index (χ0n) is 16.2. The Morgan fingerprint density at radius 3 is 2.62 bits per heavy atom. The van der Waals surface area contributed by atoms with Crippen LogP contribution in [0.2, 0.25) is 0 Å². The third-order valence-corrected chi connectivity index (χ3v) is 5.45. The van der Waals surface area contributed by atoms with Crippen LogP contribution in [0.3, 0.4) is 0 Å². The Hall–Kier alpha value is -1.63. The number of aliphatic hydroxyl groups excluding tert-OH is 1. The van der Waals surface area contributed by atoms with E-state index in [1.165, 1.54) is 0 Å². The quantitative estimate of drug-likeness (QED) is 0.765. The van der Waals surface area contributed by atoms with Crippen LogP contribution in [0.5, 0.6) is 0 Å². The van der Waals surface area contributed by atoms with E-state index in [9.17, 15) is 9.90 Å². The molecule has 2 amide bonds. The van der Waals surface area contributed by atoms with Crippen LogP contribution < -0.4 is 10.6 Å². The predicted octanol–water partition coefficient (Wildman–Crippen LogP) is 1.83. The normalized spacial score (nSPS) is 29.3. The van der Waals surface area contributed by atoms with E-state index in [4.69, 9.17) is 4.74 Å². The van der Waals surface area contributed by atoms with Gasteiger partial charge in [-0.3, -0.25) is 4.90 Å². The second-order valence-corrected chi connectivity index (χ2v) is 8.25. The van der Waals surface area contributed by atoms with Crippen molar-refractivity contribution >= 4 is 6.03 Å². The lowest BCUT2D eigenvalue weighted by Gasteiger charge is -2.45. The van der Waals surface area contributed by atoms with E-state index in [1.807, 2.05) is 24.3 Å². The van der Waals surface area contributed by atoms with E-state index in [-0.39, 0.29) is 29.8 Å². The zero-order valence-corrected chi connectivity index (χ0v) is 16.2. The van der Waals surface area contributed by atoms with E-state index in [0.717, 1.165) is 24.2 Å².